The van der Waals surface area contributed by atoms with E-state index in [2.05, 4.69) is 10.4 Å². The van der Waals surface area contributed by atoms with E-state index in [-0.39, 0.29) is 28.9 Å². The first-order valence-corrected chi connectivity index (χ1v) is 12.1. The number of carboxylic acids is 1. The lowest BCUT2D eigenvalue weighted by Crippen LogP contribution is -2.45. The molecule has 0 aliphatic carbocycles. The summed E-state index contributed by atoms with van der Waals surface area (Å²) in [4.78, 5) is 24.7. The van der Waals surface area contributed by atoms with E-state index in [4.69, 9.17) is 27.9 Å². The van der Waals surface area contributed by atoms with Crippen LogP contribution in [0.5, 0.6) is 5.88 Å². The molecule has 2 atom stereocenters. The van der Waals surface area contributed by atoms with Crippen molar-refractivity contribution in [2.45, 2.75) is 45.8 Å². The predicted molar refractivity (Wildman–Crippen MR) is 138 cm³/mol. The van der Waals surface area contributed by atoms with Gasteiger partial charge in [0, 0.05) is 16.1 Å². The van der Waals surface area contributed by atoms with Gasteiger partial charge in [-0.1, -0.05) is 56.1 Å². The van der Waals surface area contributed by atoms with Crippen LogP contribution < -0.4 is 10.1 Å². The van der Waals surface area contributed by atoms with Crippen LogP contribution in [-0.2, 0) is 4.79 Å². The molecule has 1 heterocycles. The van der Waals surface area contributed by atoms with Crippen molar-refractivity contribution in [1.29, 1.82) is 0 Å². The number of ether oxygens (including phenoxy) is 1. The van der Waals surface area contributed by atoms with Crippen molar-refractivity contribution in [3.05, 3.63) is 75.7 Å². The van der Waals surface area contributed by atoms with Gasteiger partial charge in [-0.15, -0.1) is 0 Å². The average Bonchev–Trinajstić information content (AvgIpc) is 3.21. The first-order chi connectivity index (χ1) is 17.2. The molecule has 11 heteroatoms. The monoisotopic (exact) mass is 551 g/mol. The van der Waals surface area contributed by atoms with Crippen LogP contribution in [0.15, 0.2) is 48.5 Å². The highest BCUT2D eigenvalue weighted by Gasteiger charge is 2.36. The highest BCUT2D eigenvalue weighted by molar-refractivity contribution is 6.35. The minimum atomic E-state index is -1.25. The van der Waals surface area contributed by atoms with Crippen LogP contribution in [0.3, 0.4) is 0 Å². The highest BCUT2D eigenvalue weighted by Crippen LogP contribution is 2.32. The van der Waals surface area contributed by atoms with Crippen molar-refractivity contribution >= 4 is 35.1 Å². The van der Waals surface area contributed by atoms with Gasteiger partial charge in [0.2, 0.25) is 5.88 Å². The van der Waals surface area contributed by atoms with E-state index >= 15 is 0 Å². The molecule has 0 saturated heterocycles. The molecule has 1 aromatic heterocycles. The lowest BCUT2D eigenvalue weighted by Gasteiger charge is -2.36. The van der Waals surface area contributed by atoms with Gasteiger partial charge in [-0.25, -0.2) is 9.07 Å². The Balaban J connectivity index is 1.96. The van der Waals surface area contributed by atoms with Crippen LogP contribution in [0, 0.1) is 11.2 Å². The molecular weight excluding hydrogens is 524 g/mol. The van der Waals surface area contributed by atoms with Crippen LogP contribution in [-0.4, -0.2) is 44.1 Å². The number of carbonyl (C=O) groups is 2. The molecule has 3 aromatic rings. The Kier molecular flexibility index (Phi) is 8.52. The molecule has 0 bridgehead atoms. The Morgan fingerprint density at radius 2 is 1.84 bits per heavy atom. The SMILES string of the molecule is CC(C)(C)[C@@](C)(O)COc1cc(C(=O)N[C@@H](CC(=O)O)c2ccc(Cl)cc2Cl)nn1-c1cccc(F)c1. The molecule has 8 nitrogen and oxygen atoms in total. The fraction of sp³-hybridized carbons (Fsp3) is 0.346. The van der Waals surface area contributed by atoms with Crippen LogP contribution in [0.1, 0.15) is 56.2 Å². The summed E-state index contributed by atoms with van der Waals surface area (Å²) in [5.74, 6) is -2.31. The van der Waals surface area contributed by atoms with Crippen molar-refractivity contribution in [2.24, 2.45) is 5.41 Å². The lowest BCUT2D eigenvalue weighted by molar-refractivity contribution is -0.137. The quantitative estimate of drug-likeness (QED) is 0.326. The number of benzene rings is 2. The first-order valence-electron chi connectivity index (χ1n) is 11.4. The first kappa shape index (κ1) is 28.4. The van der Waals surface area contributed by atoms with Gasteiger partial charge >= 0.3 is 5.97 Å². The van der Waals surface area contributed by atoms with Crippen LogP contribution in [0.4, 0.5) is 4.39 Å². The van der Waals surface area contributed by atoms with E-state index in [9.17, 15) is 24.2 Å². The van der Waals surface area contributed by atoms with Crippen LogP contribution >= 0.6 is 23.2 Å². The largest absolute Gasteiger partial charge is 0.481 e. The Morgan fingerprint density at radius 3 is 2.43 bits per heavy atom. The van der Waals surface area contributed by atoms with E-state index in [0.29, 0.717) is 10.6 Å². The maximum atomic E-state index is 13.9. The van der Waals surface area contributed by atoms with E-state index in [1.807, 2.05) is 20.8 Å². The Bertz CT molecular complexity index is 1300. The molecule has 3 N–H and O–H groups in total. The highest BCUT2D eigenvalue weighted by atomic mass is 35.5. The van der Waals surface area contributed by atoms with Crippen molar-refractivity contribution in [3.63, 3.8) is 0 Å². The molecule has 0 radical (unpaired) electrons. The summed E-state index contributed by atoms with van der Waals surface area (Å²) in [6.07, 6.45) is -0.449. The summed E-state index contributed by atoms with van der Waals surface area (Å²) in [6.45, 7) is 7.03. The third kappa shape index (κ3) is 7.00. The summed E-state index contributed by atoms with van der Waals surface area (Å²) in [5.41, 5.74) is -1.24. The Morgan fingerprint density at radius 1 is 1.14 bits per heavy atom. The third-order valence-corrected chi connectivity index (χ3v) is 6.66. The third-order valence-electron chi connectivity index (χ3n) is 6.10. The zero-order valence-corrected chi connectivity index (χ0v) is 22.3. The number of nitrogens with one attached hydrogen (secondary N) is 1. The number of aliphatic hydroxyl groups is 1. The van der Waals surface area contributed by atoms with Crippen molar-refractivity contribution < 1.29 is 28.9 Å². The number of aromatic nitrogens is 2. The summed E-state index contributed by atoms with van der Waals surface area (Å²) >= 11 is 12.2. The van der Waals surface area contributed by atoms with Crippen LogP contribution in [0.2, 0.25) is 10.0 Å². The van der Waals surface area contributed by atoms with E-state index < -0.39 is 41.2 Å². The Hall–Kier alpha value is -3.14. The van der Waals surface area contributed by atoms with E-state index in [1.165, 1.54) is 47.1 Å². The molecule has 0 spiro atoms. The minimum Gasteiger partial charge on any atom is -0.481 e. The number of rotatable bonds is 9. The predicted octanol–water partition coefficient (Wildman–Crippen LogP) is 5.44. The molecule has 2 aromatic carbocycles. The molecule has 0 fully saturated rings. The van der Waals surface area contributed by atoms with Gasteiger partial charge in [0.25, 0.3) is 5.91 Å². The molecule has 1 amide bonds. The van der Waals surface area contributed by atoms with Gasteiger partial charge in [0.1, 0.15) is 18.0 Å². The van der Waals surface area contributed by atoms with Gasteiger partial charge in [0.15, 0.2) is 5.69 Å². The minimum absolute atomic E-state index is 0.0829. The number of carboxylic acid groups (broad SMARTS) is 1. The van der Waals surface area contributed by atoms with Crippen molar-refractivity contribution in [1.82, 2.24) is 15.1 Å². The molecule has 0 aliphatic heterocycles. The summed E-state index contributed by atoms with van der Waals surface area (Å²) in [5, 5.41) is 27.7. The second-order valence-electron chi connectivity index (χ2n) is 9.86. The number of aliphatic carboxylic acids is 1. The maximum absolute atomic E-state index is 13.9. The van der Waals surface area contributed by atoms with Crippen LogP contribution in [0.25, 0.3) is 5.69 Å². The zero-order chi connectivity index (χ0) is 27.5. The summed E-state index contributed by atoms with van der Waals surface area (Å²) < 4.78 is 21.0. The molecule has 0 saturated carbocycles. The van der Waals surface area contributed by atoms with Crippen molar-refractivity contribution in [2.75, 3.05) is 6.61 Å². The molecule has 0 unspecified atom stereocenters. The molecular formula is C26H28Cl2FN3O5. The van der Waals surface area contributed by atoms with Gasteiger partial charge in [-0.05, 0) is 48.2 Å². The van der Waals surface area contributed by atoms with Gasteiger partial charge < -0.3 is 20.3 Å². The van der Waals surface area contributed by atoms with E-state index in [1.54, 1.807) is 13.0 Å². The number of hydrogen-bond donors (Lipinski definition) is 3. The number of amides is 1. The topological polar surface area (TPSA) is 114 Å². The smallest absolute Gasteiger partial charge is 0.305 e. The second kappa shape index (κ2) is 11.1. The maximum Gasteiger partial charge on any atom is 0.305 e. The Labute approximate surface area is 224 Å². The second-order valence-corrected chi connectivity index (χ2v) is 10.7. The lowest BCUT2D eigenvalue weighted by atomic mass is 9.78. The molecule has 198 valence electrons. The fourth-order valence-electron chi connectivity index (χ4n) is 3.23. The summed E-state index contributed by atoms with van der Waals surface area (Å²) in [7, 11) is 0. The van der Waals surface area contributed by atoms with E-state index in [0.717, 1.165) is 0 Å². The van der Waals surface area contributed by atoms with Gasteiger partial charge in [-0.2, -0.15) is 5.10 Å². The molecule has 3 rings (SSSR count). The standard InChI is InChI=1S/C26H28Cl2FN3O5/c1-25(2,3)26(4,36)14-37-22-12-21(31-32(22)17-7-5-6-16(29)11-17)24(35)30-20(13-23(33)34)18-9-8-15(27)10-19(18)28/h5-12,20,36H,13-14H2,1-4H3,(H,30,35)(H,33,34)/t20-,26-/m0/s1. The van der Waals surface area contributed by atoms with Gasteiger partial charge in [-0.3, -0.25) is 9.59 Å². The summed E-state index contributed by atoms with van der Waals surface area (Å²) in [6, 6.07) is 10.4. The number of hydrogen-bond acceptors (Lipinski definition) is 5. The fourth-order valence-corrected chi connectivity index (χ4v) is 3.77. The number of halogens is 3. The normalized spacial score (nSPS) is 14.1. The molecule has 0 aliphatic rings. The molecule has 37 heavy (non-hydrogen) atoms. The van der Waals surface area contributed by atoms with Crippen molar-refractivity contribution in [3.8, 4) is 11.6 Å². The number of nitrogens with zero attached hydrogens (tertiary/aromatic N) is 2. The van der Waals surface area contributed by atoms with Gasteiger partial charge in [0.05, 0.1) is 18.2 Å². The zero-order valence-electron chi connectivity index (χ0n) is 20.8. The average molecular weight is 552 g/mol. The number of carbonyl (C=O) groups excluding carboxylic acids is 1.